The molecule has 3 rings (SSSR count). The van der Waals surface area contributed by atoms with Gasteiger partial charge in [-0.25, -0.2) is 4.68 Å². The van der Waals surface area contributed by atoms with Crippen LogP contribution in [0.15, 0.2) is 30.6 Å². The summed E-state index contributed by atoms with van der Waals surface area (Å²) in [6.45, 7) is 0. The molecular weight excluding hydrogens is 200 g/mol. The van der Waals surface area contributed by atoms with E-state index in [1.807, 2.05) is 18.3 Å². The van der Waals surface area contributed by atoms with Gasteiger partial charge in [0.2, 0.25) is 0 Å². The molecule has 82 valence electrons. The standard InChI is InChI=1S/C12H14N4/c1-2-5-10(4-1)11-7-9-16(15-11)12-6-3-8-13-14-12/h3,6-10H,1-2,4-5H2. The SMILES string of the molecule is c1cnnc(-n2ccc(C3CCCC3)n2)c1. The van der Waals surface area contributed by atoms with Gasteiger partial charge >= 0.3 is 0 Å². The summed E-state index contributed by atoms with van der Waals surface area (Å²) in [5, 5.41) is 12.5. The molecule has 16 heavy (non-hydrogen) atoms. The fraction of sp³-hybridized carbons (Fsp3) is 0.417. The Balaban J connectivity index is 1.87. The van der Waals surface area contributed by atoms with Gasteiger partial charge in [-0.05, 0) is 31.0 Å². The van der Waals surface area contributed by atoms with Crippen LogP contribution in [0.25, 0.3) is 5.82 Å². The second kappa shape index (κ2) is 4.04. The predicted octanol–water partition coefficient (Wildman–Crippen LogP) is 2.32. The van der Waals surface area contributed by atoms with Gasteiger partial charge in [-0.15, -0.1) is 5.10 Å². The highest BCUT2D eigenvalue weighted by Crippen LogP contribution is 2.32. The Morgan fingerprint density at radius 1 is 1.19 bits per heavy atom. The quantitative estimate of drug-likeness (QED) is 0.770. The summed E-state index contributed by atoms with van der Waals surface area (Å²) in [6.07, 6.45) is 8.86. The summed E-state index contributed by atoms with van der Waals surface area (Å²) in [5.74, 6) is 1.43. The molecule has 2 heterocycles. The van der Waals surface area contributed by atoms with Crippen molar-refractivity contribution in [3.05, 3.63) is 36.3 Å². The third-order valence-electron chi connectivity index (χ3n) is 3.18. The predicted molar refractivity (Wildman–Crippen MR) is 60.4 cm³/mol. The van der Waals surface area contributed by atoms with Crippen molar-refractivity contribution < 1.29 is 0 Å². The molecule has 0 N–H and O–H groups in total. The van der Waals surface area contributed by atoms with Gasteiger partial charge in [0.15, 0.2) is 5.82 Å². The van der Waals surface area contributed by atoms with E-state index >= 15 is 0 Å². The first-order valence-corrected chi connectivity index (χ1v) is 5.77. The van der Waals surface area contributed by atoms with Gasteiger partial charge in [0.25, 0.3) is 0 Å². The van der Waals surface area contributed by atoms with Crippen molar-refractivity contribution >= 4 is 0 Å². The van der Waals surface area contributed by atoms with Crippen LogP contribution in [0.1, 0.15) is 37.3 Å². The van der Waals surface area contributed by atoms with E-state index < -0.39 is 0 Å². The highest BCUT2D eigenvalue weighted by molar-refractivity contribution is 5.20. The third-order valence-corrected chi connectivity index (χ3v) is 3.18. The molecule has 0 aromatic carbocycles. The molecule has 1 aliphatic rings. The molecule has 0 amide bonds. The van der Waals surface area contributed by atoms with Crippen molar-refractivity contribution in [3.8, 4) is 5.82 Å². The van der Waals surface area contributed by atoms with Crippen molar-refractivity contribution in [3.63, 3.8) is 0 Å². The molecule has 0 bridgehead atoms. The van der Waals surface area contributed by atoms with Gasteiger partial charge in [-0.2, -0.15) is 10.2 Å². The highest BCUT2D eigenvalue weighted by atomic mass is 15.3. The Morgan fingerprint density at radius 2 is 2.06 bits per heavy atom. The van der Waals surface area contributed by atoms with E-state index in [9.17, 15) is 0 Å². The second-order valence-corrected chi connectivity index (χ2v) is 4.25. The first-order valence-electron chi connectivity index (χ1n) is 5.77. The molecule has 2 aromatic rings. The monoisotopic (exact) mass is 214 g/mol. The highest BCUT2D eigenvalue weighted by Gasteiger charge is 2.19. The summed E-state index contributed by atoms with van der Waals surface area (Å²) in [4.78, 5) is 0. The maximum absolute atomic E-state index is 4.58. The van der Waals surface area contributed by atoms with Gasteiger partial charge in [0.1, 0.15) is 0 Å². The number of nitrogens with zero attached hydrogens (tertiary/aromatic N) is 4. The average molecular weight is 214 g/mol. The third kappa shape index (κ3) is 1.71. The van der Waals surface area contributed by atoms with Gasteiger partial charge in [0.05, 0.1) is 5.69 Å². The maximum atomic E-state index is 4.58. The van der Waals surface area contributed by atoms with Crippen LogP contribution in [0.5, 0.6) is 0 Å². The van der Waals surface area contributed by atoms with Crippen molar-refractivity contribution in [2.24, 2.45) is 0 Å². The minimum atomic E-state index is 0.651. The lowest BCUT2D eigenvalue weighted by Crippen LogP contribution is -2.01. The number of rotatable bonds is 2. The largest absolute Gasteiger partial charge is 0.221 e. The molecule has 0 spiro atoms. The number of aromatic nitrogens is 4. The first kappa shape index (κ1) is 9.51. The second-order valence-electron chi connectivity index (χ2n) is 4.25. The van der Waals surface area contributed by atoms with Crippen LogP contribution in [0.2, 0.25) is 0 Å². The Kier molecular flexibility index (Phi) is 2.40. The first-order chi connectivity index (χ1) is 7.93. The van der Waals surface area contributed by atoms with Crippen LogP contribution in [0, 0.1) is 0 Å². The van der Waals surface area contributed by atoms with Gasteiger partial charge in [-0.3, -0.25) is 0 Å². The fourth-order valence-electron chi connectivity index (χ4n) is 2.32. The van der Waals surface area contributed by atoms with E-state index in [4.69, 9.17) is 0 Å². The van der Waals surface area contributed by atoms with Crippen molar-refractivity contribution in [2.45, 2.75) is 31.6 Å². The van der Waals surface area contributed by atoms with Crippen molar-refractivity contribution in [1.29, 1.82) is 0 Å². The molecule has 1 aliphatic carbocycles. The molecule has 4 heteroatoms. The average Bonchev–Trinajstić information content (AvgIpc) is 3.01. The number of hydrogen-bond acceptors (Lipinski definition) is 3. The van der Waals surface area contributed by atoms with Crippen LogP contribution in [-0.2, 0) is 0 Å². The normalized spacial score (nSPS) is 16.8. The van der Waals surface area contributed by atoms with Gasteiger partial charge < -0.3 is 0 Å². The zero-order valence-electron chi connectivity index (χ0n) is 9.08. The van der Waals surface area contributed by atoms with Crippen molar-refractivity contribution in [1.82, 2.24) is 20.0 Å². The fourth-order valence-corrected chi connectivity index (χ4v) is 2.32. The zero-order chi connectivity index (χ0) is 10.8. The Labute approximate surface area is 94.3 Å². The summed E-state index contributed by atoms with van der Waals surface area (Å²) in [6, 6.07) is 5.89. The van der Waals surface area contributed by atoms with E-state index in [2.05, 4.69) is 21.4 Å². The lowest BCUT2D eigenvalue weighted by Gasteiger charge is -2.03. The maximum Gasteiger partial charge on any atom is 0.175 e. The lowest BCUT2D eigenvalue weighted by molar-refractivity contribution is 0.673. The molecular formula is C12H14N4. The molecule has 0 radical (unpaired) electrons. The minimum Gasteiger partial charge on any atom is -0.221 e. The van der Waals surface area contributed by atoms with E-state index in [0.29, 0.717) is 5.92 Å². The lowest BCUT2D eigenvalue weighted by atomic mass is 10.1. The van der Waals surface area contributed by atoms with Crippen LogP contribution in [0.3, 0.4) is 0 Å². The van der Waals surface area contributed by atoms with Crippen LogP contribution >= 0.6 is 0 Å². The smallest absolute Gasteiger partial charge is 0.175 e. The van der Waals surface area contributed by atoms with E-state index in [1.165, 1.54) is 31.4 Å². The van der Waals surface area contributed by atoms with Gasteiger partial charge in [0, 0.05) is 18.3 Å². The Hall–Kier alpha value is -1.71. The summed E-state index contributed by atoms with van der Waals surface area (Å²) < 4.78 is 1.81. The summed E-state index contributed by atoms with van der Waals surface area (Å²) >= 11 is 0. The van der Waals surface area contributed by atoms with Crippen LogP contribution in [-0.4, -0.2) is 20.0 Å². The minimum absolute atomic E-state index is 0.651. The summed E-state index contributed by atoms with van der Waals surface area (Å²) in [7, 11) is 0. The molecule has 4 nitrogen and oxygen atoms in total. The molecule has 0 atom stereocenters. The van der Waals surface area contributed by atoms with Crippen LogP contribution < -0.4 is 0 Å². The molecule has 0 aliphatic heterocycles. The molecule has 1 saturated carbocycles. The molecule has 2 aromatic heterocycles. The molecule has 0 saturated heterocycles. The Morgan fingerprint density at radius 3 is 2.81 bits per heavy atom. The zero-order valence-corrected chi connectivity index (χ0v) is 9.08. The topological polar surface area (TPSA) is 43.6 Å². The van der Waals surface area contributed by atoms with E-state index in [-0.39, 0.29) is 0 Å². The van der Waals surface area contributed by atoms with E-state index in [1.54, 1.807) is 10.9 Å². The van der Waals surface area contributed by atoms with Gasteiger partial charge in [-0.1, -0.05) is 12.8 Å². The van der Waals surface area contributed by atoms with E-state index in [0.717, 1.165) is 5.82 Å². The molecule has 0 unspecified atom stereocenters. The van der Waals surface area contributed by atoms with Crippen LogP contribution in [0.4, 0.5) is 0 Å². The number of hydrogen-bond donors (Lipinski definition) is 0. The summed E-state index contributed by atoms with van der Waals surface area (Å²) in [5.41, 5.74) is 1.20. The Bertz CT molecular complexity index is 457. The molecule has 1 fully saturated rings. The van der Waals surface area contributed by atoms with Crippen molar-refractivity contribution in [2.75, 3.05) is 0 Å².